The molecule has 0 amide bonds. The molecule has 2 N–H and O–H groups in total. The predicted octanol–water partition coefficient (Wildman–Crippen LogP) is 4.17. The van der Waals surface area contributed by atoms with Crippen molar-refractivity contribution < 1.29 is 17.9 Å². The molecule has 1 saturated heterocycles. The van der Waals surface area contributed by atoms with E-state index in [0.717, 1.165) is 37.7 Å². The van der Waals surface area contributed by atoms with Crippen molar-refractivity contribution in [3.8, 4) is 0 Å². The number of hydrogen-bond acceptors (Lipinski definition) is 3. The number of halogens is 4. The molecule has 1 heterocycles. The first-order valence-electron chi connectivity index (χ1n) is 10.4. The summed E-state index contributed by atoms with van der Waals surface area (Å²) in [5.74, 6) is 1.42. The van der Waals surface area contributed by atoms with Crippen LogP contribution in [0.1, 0.15) is 37.8 Å². The fourth-order valence-corrected chi connectivity index (χ4v) is 3.38. The molecule has 1 aromatic carbocycles. The molecular formula is C21H34F3IN4O. The molecule has 9 heteroatoms. The number of alkyl halides is 3. The van der Waals surface area contributed by atoms with E-state index in [-0.39, 0.29) is 30.6 Å². The van der Waals surface area contributed by atoms with E-state index in [9.17, 15) is 13.2 Å². The predicted molar refractivity (Wildman–Crippen MR) is 125 cm³/mol. The lowest BCUT2D eigenvalue weighted by atomic mass is 9.98. The Hall–Kier alpha value is -1.07. The highest BCUT2D eigenvalue weighted by Crippen LogP contribution is 2.16. The first-order valence-corrected chi connectivity index (χ1v) is 10.4. The summed E-state index contributed by atoms with van der Waals surface area (Å²) in [7, 11) is 0. The van der Waals surface area contributed by atoms with Gasteiger partial charge in [0.15, 0.2) is 5.96 Å². The van der Waals surface area contributed by atoms with Gasteiger partial charge >= 0.3 is 6.18 Å². The van der Waals surface area contributed by atoms with Crippen LogP contribution in [0.4, 0.5) is 13.2 Å². The smallest absolute Gasteiger partial charge is 0.367 e. The molecule has 172 valence electrons. The fourth-order valence-electron chi connectivity index (χ4n) is 3.38. The molecule has 2 rings (SSSR count). The number of likely N-dealkylation sites (tertiary alicyclic amines) is 1. The van der Waals surface area contributed by atoms with Gasteiger partial charge in [0.05, 0.1) is 13.2 Å². The number of rotatable bonds is 9. The molecule has 0 spiro atoms. The zero-order valence-corrected chi connectivity index (χ0v) is 20.1. The van der Waals surface area contributed by atoms with E-state index in [2.05, 4.69) is 32.2 Å². The Balaban J connectivity index is 0.00000450. The largest absolute Gasteiger partial charge is 0.411 e. The van der Waals surface area contributed by atoms with Gasteiger partial charge in [-0.15, -0.1) is 24.0 Å². The van der Waals surface area contributed by atoms with Gasteiger partial charge in [0.25, 0.3) is 0 Å². The van der Waals surface area contributed by atoms with E-state index in [1.54, 1.807) is 12.1 Å². The zero-order valence-electron chi connectivity index (χ0n) is 17.8. The van der Waals surface area contributed by atoms with Gasteiger partial charge in [-0.3, -0.25) is 0 Å². The normalized spacial score (nSPS) is 18.0. The molecule has 0 saturated carbocycles. The van der Waals surface area contributed by atoms with Crippen LogP contribution in [0, 0.1) is 5.92 Å². The van der Waals surface area contributed by atoms with Gasteiger partial charge in [0, 0.05) is 19.6 Å². The zero-order chi connectivity index (χ0) is 21.1. The average Bonchev–Trinajstić information content (AvgIpc) is 2.70. The molecule has 1 unspecified atom stereocenters. The van der Waals surface area contributed by atoms with E-state index in [0.29, 0.717) is 18.0 Å². The van der Waals surface area contributed by atoms with Crippen molar-refractivity contribution in [3.05, 3.63) is 35.4 Å². The third kappa shape index (κ3) is 10.8. The van der Waals surface area contributed by atoms with Crippen molar-refractivity contribution in [3.63, 3.8) is 0 Å². The second-order valence-electron chi connectivity index (χ2n) is 7.40. The minimum atomic E-state index is -4.29. The summed E-state index contributed by atoms with van der Waals surface area (Å²) in [6.45, 7) is 8.56. The van der Waals surface area contributed by atoms with Gasteiger partial charge < -0.3 is 20.3 Å². The number of benzene rings is 1. The molecular weight excluding hydrogens is 508 g/mol. The lowest BCUT2D eigenvalue weighted by Gasteiger charge is -2.32. The van der Waals surface area contributed by atoms with Crippen LogP contribution in [0.2, 0.25) is 0 Å². The van der Waals surface area contributed by atoms with E-state index in [4.69, 9.17) is 0 Å². The maximum absolute atomic E-state index is 12.1. The van der Waals surface area contributed by atoms with Gasteiger partial charge in [-0.1, -0.05) is 31.2 Å². The molecule has 1 aromatic rings. The summed E-state index contributed by atoms with van der Waals surface area (Å²) < 4.78 is 41.1. The maximum Gasteiger partial charge on any atom is 0.411 e. The van der Waals surface area contributed by atoms with Gasteiger partial charge in [0.2, 0.25) is 0 Å². The summed E-state index contributed by atoms with van der Waals surface area (Å²) in [4.78, 5) is 7.12. The van der Waals surface area contributed by atoms with E-state index >= 15 is 0 Å². The average molecular weight is 542 g/mol. The van der Waals surface area contributed by atoms with Crippen LogP contribution in [0.5, 0.6) is 0 Å². The SMILES string of the molecule is CCNC(=NCc1ccc(COCC(F)(F)F)cc1)NCC1CCCN(CC)C1.I. The monoisotopic (exact) mass is 542 g/mol. The van der Waals surface area contributed by atoms with Gasteiger partial charge in [0.1, 0.15) is 6.61 Å². The number of hydrogen-bond donors (Lipinski definition) is 2. The molecule has 1 aliphatic rings. The Morgan fingerprint density at radius 1 is 1.17 bits per heavy atom. The van der Waals surface area contributed by atoms with Crippen LogP contribution < -0.4 is 10.6 Å². The Morgan fingerprint density at radius 3 is 2.50 bits per heavy atom. The maximum atomic E-state index is 12.1. The van der Waals surface area contributed by atoms with Gasteiger partial charge in [-0.05, 0) is 49.9 Å². The molecule has 0 bridgehead atoms. The lowest BCUT2D eigenvalue weighted by Crippen LogP contribution is -2.44. The van der Waals surface area contributed by atoms with Crippen molar-refractivity contribution in [2.24, 2.45) is 10.9 Å². The van der Waals surface area contributed by atoms with Crippen LogP contribution in [0.3, 0.4) is 0 Å². The topological polar surface area (TPSA) is 48.9 Å². The minimum absolute atomic E-state index is 0. The molecule has 1 atom stereocenters. The number of nitrogens with zero attached hydrogens (tertiary/aromatic N) is 2. The summed E-state index contributed by atoms with van der Waals surface area (Å²) in [6, 6.07) is 7.31. The highest BCUT2D eigenvalue weighted by Gasteiger charge is 2.27. The highest BCUT2D eigenvalue weighted by atomic mass is 127. The summed E-state index contributed by atoms with van der Waals surface area (Å²) in [5.41, 5.74) is 1.71. The van der Waals surface area contributed by atoms with Crippen molar-refractivity contribution in [1.29, 1.82) is 0 Å². The third-order valence-corrected chi connectivity index (χ3v) is 4.93. The molecule has 0 aliphatic carbocycles. The summed E-state index contributed by atoms with van der Waals surface area (Å²) >= 11 is 0. The minimum Gasteiger partial charge on any atom is -0.367 e. The van der Waals surface area contributed by atoms with E-state index in [1.165, 1.54) is 19.4 Å². The van der Waals surface area contributed by atoms with E-state index < -0.39 is 12.8 Å². The second kappa shape index (κ2) is 14.1. The standard InChI is InChI=1S/C21H33F3N4O.HI/c1-3-25-20(27-13-19-6-5-11-28(4-2)14-19)26-12-17-7-9-18(10-8-17)15-29-16-21(22,23)24;/h7-10,19H,3-6,11-16H2,1-2H3,(H2,25,26,27);1H. The molecule has 0 radical (unpaired) electrons. The number of aliphatic imine (C=N–C) groups is 1. The Kier molecular flexibility index (Phi) is 12.7. The number of guanidine groups is 1. The molecule has 30 heavy (non-hydrogen) atoms. The van der Waals surface area contributed by atoms with Crippen LogP contribution in [-0.2, 0) is 17.9 Å². The third-order valence-electron chi connectivity index (χ3n) is 4.93. The van der Waals surface area contributed by atoms with Crippen LogP contribution in [0.25, 0.3) is 0 Å². The van der Waals surface area contributed by atoms with Crippen molar-refractivity contribution in [2.75, 3.05) is 39.3 Å². The molecule has 1 aliphatic heterocycles. The van der Waals surface area contributed by atoms with Gasteiger partial charge in [-0.2, -0.15) is 13.2 Å². The van der Waals surface area contributed by atoms with Crippen molar-refractivity contribution in [2.45, 2.75) is 46.0 Å². The van der Waals surface area contributed by atoms with Crippen LogP contribution in [0.15, 0.2) is 29.3 Å². The highest BCUT2D eigenvalue weighted by molar-refractivity contribution is 14.0. The van der Waals surface area contributed by atoms with Crippen LogP contribution >= 0.6 is 24.0 Å². The lowest BCUT2D eigenvalue weighted by molar-refractivity contribution is -0.176. The first kappa shape index (κ1) is 27.0. The van der Waals surface area contributed by atoms with Gasteiger partial charge in [-0.25, -0.2) is 4.99 Å². The van der Waals surface area contributed by atoms with E-state index in [1.807, 2.05) is 19.1 Å². The Labute approximate surface area is 194 Å². The Morgan fingerprint density at radius 2 is 1.87 bits per heavy atom. The second-order valence-corrected chi connectivity index (χ2v) is 7.40. The van der Waals surface area contributed by atoms with Crippen LogP contribution in [-0.4, -0.2) is 56.4 Å². The quantitative estimate of drug-likeness (QED) is 0.280. The first-order chi connectivity index (χ1) is 13.9. The summed E-state index contributed by atoms with van der Waals surface area (Å²) in [5, 5.41) is 6.71. The van der Waals surface area contributed by atoms with Crippen molar-refractivity contribution >= 4 is 29.9 Å². The number of piperidine rings is 1. The fraction of sp³-hybridized carbons (Fsp3) is 0.667. The summed E-state index contributed by atoms with van der Waals surface area (Å²) in [6.07, 6.45) is -1.82. The number of ether oxygens (including phenoxy) is 1. The number of nitrogens with one attached hydrogen (secondary N) is 2. The van der Waals surface area contributed by atoms with Crippen molar-refractivity contribution in [1.82, 2.24) is 15.5 Å². The molecule has 1 fully saturated rings. The molecule has 0 aromatic heterocycles. The molecule has 5 nitrogen and oxygen atoms in total. The Bertz CT molecular complexity index is 626.